The molecule has 22 heavy (non-hydrogen) atoms. The highest BCUT2D eigenvalue weighted by Gasteiger charge is 2.37. The molecular formula is C16H19N3O3. The molecule has 0 aromatic carbocycles. The van der Waals surface area contributed by atoms with Crippen LogP contribution in [0.1, 0.15) is 35.9 Å². The second-order valence-electron chi connectivity index (χ2n) is 5.90. The van der Waals surface area contributed by atoms with Gasteiger partial charge in [-0.25, -0.2) is 9.78 Å². The number of carbonyl (C=O) groups excluding carboxylic acids is 1. The molecule has 2 heterocycles. The third kappa shape index (κ3) is 2.90. The maximum Gasteiger partial charge on any atom is 0.356 e. The third-order valence-corrected chi connectivity index (χ3v) is 4.15. The second kappa shape index (κ2) is 5.93. The van der Waals surface area contributed by atoms with E-state index < -0.39 is 5.97 Å². The highest BCUT2D eigenvalue weighted by molar-refractivity contribution is 5.87. The highest BCUT2D eigenvalue weighted by Crippen LogP contribution is 2.37. The minimum Gasteiger partial charge on any atom is -0.464 e. The van der Waals surface area contributed by atoms with Gasteiger partial charge >= 0.3 is 5.97 Å². The van der Waals surface area contributed by atoms with Crippen molar-refractivity contribution in [2.75, 3.05) is 25.1 Å². The van der Waals surface area contributed by atoms with E-state index in [-0.39, 0.29) is 23.6 Å². The fourth-order valence-electron chi connectivity index (χ4n) is 2.92. The van der Waals surface area contributed by atoms with Gasteiger partial charge in [-0.1, -0.05) is 0 Å². The van der Waals surface area contributed by atoms with Crippen molar-refractivity contribution in [1.82, 2.24) is 4.98 Å². The molecule has 1 aliphatic heterocycles. The largest absolute Gasteiger partial charge is 0.464 e. The first-order valence-corrected chi connectivity index (χ1v) is 7.52. The zero-order valence-electron chi connectivity index (χ0n) is 12.8. The van der Waals surface area contributed by atoms with Crippen LogP contribution in [0.3, 0.4) is 0 Å². The summed E-state index contributed by atoms with van der Waals surface area (Å²) < 4.78 is 10.6. The number of methoxy groups -OCH3 is 1. The van der Waals surface area contributed by atoms with Crippen LogP contribution in [0.15, 0.2) is 12.1 Å². The van der Waals surface area contributed by atoms with Crippen molar-refractivity contribution in [3.05, 3.63) is 23.5 Å². The summed E-state index contributed by atoms with van der Waals surface area (Å²) in [5.41, 5.74) is 1.17. The monoisotopic (exact) mass is 301 g/mol. The van der Waals surface area contributed by atoms with Crippen LogP contribution in [-0.4, -0.2) is 43.4 Å². The standard InChI is InChI=1S/C16H19N3O3/c1-10-8-19(9-15(22-10)11-3-4-11)14-6-5-12(16(20)21-2)18-13(14)7-17/h5-6,10-11,15H,3-4,8-9H2,1-2H3/t10-,15-/m0/s1. The molecule has 0 unspecified atom stereocenters. The van der Waals surface area contributed by atoms with Crippen molar-refractivity contribution in [2.24, 2.45) is 5.92 Å². The number of aromatic nitrogens is 1. The molecule has 1 saturated carbocycles. The quantitative estimate of drug-likeness (QED) is 0.792. The molecular weight excluding hydrogens is 282 g/mol. The lowest BCUT2D eigenvalue weighted by atomic mass is 10.1. The summed E-state index contributed by atoms with van der Waals surface area (Å²) in [7, 11) is 1.30. The van der Waals surface area contributed by atoms with Gasteiger partial charge in [0.05, 0.1) is 25.0 Å². The fraction of sp³-hybridized carbons (Fsp3) is 0.562. The van der Waals surface area contributed by atoms with Gasteiger partial charge in [-0.15, -0.1) is 0 Å². The number of nitriles is 1. The minimum atomic E-state index is -0.533. The van der Waals surface area contributed by atoms with Crippen LogP contribution in [0.25, 0.3) is 0 Å². The van der Waals surface area contributed by atoms with Crippen molar-refractivity contribution >= 4 is 11.7 Å². The molecule has 116 valence electrons. The van der Waals surface area contributed by atoms with Crippen LogP contribution in [0.2, 0.25) is 0 Å². The predicted octanol–water partition coefficient (Wildman–Crippen LogP) is 1.74. The lowest BCUT2D eigenvalue weighted by Gasteiger charge is -2.38. The molecule has 0 radical (unpaired) electrons. The Labute approximate surface area is 129 Å². The van der Waals surface area contributed by atoms with Crippen molar-refractivity contribution < 1.29 is 14.3 Å². The summed E-state index contributed by atoms with van der Waals surface area (Å²) >= 11 is 0. The first kappa shape index (κ1) is 14.8. The number of morpholine rings is 1. The van der Waals surface area contributed by atoms with Gasteiger partial charge in [0, 0.05) is 13.1 Å². The molecule has 6 nitrogen and oxygen atoms in total. The van der Waals surface area contributed by atoms with Crippen LogP contribution >= 0.6 is 0 Å². The topological polar surface area (TPSA) is 75.4 Å². The lowest BCUT2D eigenvalue weighted by molar-refractivity contribution is -0.0271. The maximum absolute atomic E-state index is 11.5. The molecule has 6 heteroatoms. The molecule has 0 amide bonds. The summed E-state index contributed by atoms with van der Waals surface area (Å²) in [5.74, 6) is 0.104. The lowest BCUT2D eigenvalue weighted by Crippen LogP contribution is -2.47. The number of ether oxygens (including phenoxy) is 2. The van der Waals surface area contributed by atoms with Gasteiger partial charge in [0.25, 0.3) is 0 Å². The van der Waals surface area contributed by atoms with Crippen molar-refractivity contribution in [2.45, 2.75) is 32.0 Å². The summed E-state index contributed by atoms with van der Waals surface area (Å²) in [4.78, 5) is 17.8. The second-order valence-corrected chi connectivity index (χ2v) is 5.90. The van der Waals surface area contributed by atoms with Crippen molar-refractivity contribution in [1.29, 1.82) is 5.26 Å². The number of carbonyl (C=O) groups is 1. The molecule has 2 fully saturated rings. The third-order valence-electron chi connectivity index (χ3n) is 4.15. The zero-order chi connectivity index (χ0) is 15.7. The summed E-state index contributed by atoms with van der Waals surface area (Å²) in [6.45, 7) is 3.53. The van der Waals surface area contributed by atoms with Crippen LogP contribution < -0.4 is 4.90 Å². The maximum atomic E-state index is 11.5. The van der Waals surface area contributed by atoms with E-state index in [1.165, 1.54) is 20.0 Å². The smallest absolute Gasteiger partial charge is 0.356 e. The van der Waals surface area contributed by atoms with E-state index in [2.05, 4.69) is 20.7 Å². The van der Waals surface area contributed by atoms with Gasteiger partial charge < -0.3 is 14.4 Å². The molecule has 0 bridgehead atoms. The van der Waals surface area contributed by atoms with Gasteiger partial charge in [-0.05, 0) is 37.8 Å². The van der Waals surface area contributed by atoms with E-state index in [1.807, 2.05) is 6.92 Å². The predicted molar refractivity (Wildman–Crippen MR) is 79.6 cm³/mol. The number of esters is 1. The van der Waals surface area contributed by atoms with Gasteiger partial charge in [-0.3, -0.25) is 0 Å². The minimum absolute atomic E-state index is 0.117. The molecule has 1 aliphatic carbocycles. The van der Waals surface area contributed by atoms with Crippen molar-refractivity contribution in [3.63, 3.8) is 0 Å². The molecule has 1 aromatic heterocycles. The normalized spacial score (nSPS) is 24.7. The average molecular weight is 301 g/mol. The number of anilines is 1. The Morgan fingerprint density at radius 2 is 2.23 bits per heavy atom. The first-order chi connectivity index (χ1) is 10.6. The number of hydrogen-bond acceptors (Lipinski definition) is 6. The average Bonchev–Trinajstić information content (AvgIpc) is 3.37. The molecule has 0 N–H and O–H groups in total. The molecule has 0 spiro atoms. The first-order valence-electron chi connectivity index (χ1n) is 7.52. The van der Waals surface area contributed by atoms with E-state index in [9.17, 15) is 10.1 Å². The van der Waals surface area contributed by atoms with Crippen molar-refractivity contribution in [3.8, 4) is 6.07 Å². The van der Waals surface area contributed by atoms with Crippen LogP contribution in [0.5, 0.6) is 0 Å². The number of rotatable bonds is 3. The van der Waals surface area contributed by atoms with E-state index in [0.29, 0.717) is 5.92 Å². The van der Waals surface area contributed by atoms with Gasteiger partial charge in [0.1, 0.15) is 11.8 Å². The fourth-order valence-corrected chi connectivity index (χ4v) is 2.92. The van der Waals surface area contributed by atoms with E-state index >= 15 is 0 Å². The summed E-state index contributed by atoms with van der Waals surface area (Å²) in [6, 6.07) is 5.47. The Kier molecular flexibility index (Phi) is 3.99. The van der Waals surface area contributed by atoms with Crippen LogP contribution in [0, 0.1) is 17.2 Å². The van der Waals surface area contributed by atoms with E-state index in [1.54, 1.807) is 12.1 Å². The van der Waals surface area contributed by atoms with Gasteiger partial charge in [0.15, 0.2) is 5.69 Å². The van der Waals surface area contributed by atoms with Gasteiger partial charge in [-0.2, -0.15) is 5.26 Å². The molecule has 1 aromatic rings. The zero-order valence-corrected chi connectivity index (χ0v) is 12.8. The highest BCUT2D eigenvalue weighted by atomic mass is 16.5. The SMILES string of the molecule is COC(=O)c1ccc(N2C[C@@H](C3CC3)O[C@@H](C)C2)c(C#N)n1. The van der Waals surface area contributed by atoms with E-state index in [4.69, 9.17) is 4.74 Å². The Morgan fingerprint density at radius 3 is 2.86 bits per heavy atom. The summed E-state index contributed by atoms with van der Waals surface area (Å²) in [5, 5.41) is 9.36. The Morgan fingerprint density at radius 1 is 1.45 bits per heavy atom. The Bertz CT molecular complexity index is 622. The Balaban J connectivity index is 1.86. The van der Waals surface area contributed by atoms with Gasteiger partial charge in [0.2, 0.25) is 0 Å². The number of nitrogens with zero attached hydrogens (tertiary/aromatic N) is 3. The molecule has 2 atom stereocenters. The molecule has 3 rings (SSSR count). The van der Waals surface area contributed by atoms with Crippen LogP contribution in [-0.2, 0) is 9.47 Å². The number of hydrogen-bond donors (Lipinski definition) is 0. The molecule has 1 saturated heterocycles. The van der Waals surface area contributed by atoms with Crippen LogP contribution in [0.4, 0.5) is 5.69 Å². The molecule has 2 aliphatic rings. The Hall–Kier alpha value is -2.13. The van der Waals surface area contributed by atoms with E-state index in [0.717, 1.165) is 18.8 Å². The number of pyridine rings is 1. The summed E-state index contributed by atoms with van der Waals surface area (Å²) in [6.07, 6.45) is 2.77.